The fourth-order valence-electron chi connectivity index (χ4n) is 2.18. The number of rotatable bonds is 8. The lowest BCUT2D eigenvalue weighted by molar-refractivity contribution is 0.0926. The first kappa shape index (κ1) is 18.4. The van der Waals surface area contributed by atoms with E-state index in [9.17, 15) is 4.79 Å². The van der Waals surface area contributed by atoms with Gasteiger partial charge < -0.3 is 24.3 Å². The molecule has 2 aromatic rings. The van der Waals surface area contributed by atoms with Gasteiger partial charge in [0.15, 0.2) is 0 Å². The van der Waals surface area contributed by atoms with Crippen molar-refractivity contribution in [3.05, 3.63) is 48.0 Å². The van der Waals surface area contributed by atoms with Gasteiger partial charge >= 0.3 is 0 Å². The minimum absolute atomic E-state index is 0.174. The van der Waals surface area contributed by atoms with Crippen LogP contribution in [0.15, 0.2) is 42.5 Å². The smallest absolute Gasteiger partial charge is 0.251 e. The molecule has 0 aliphatic carbocycles. The highest BCUT2D eigenvalue weighted by atomic mass is 16.5. The van der Waals surface area contributed by atoms with Crippen LogP contribution in [0.3, 0.4) is 0 Å². The van der Waals surface area contributed by atoms with E-state index in [1.807, 2.05) is 31.2 Å². The van der Waals surface area contributed by atoms with Crippen LogP contribution in [0.4, 0.5) is 0 Å². The molecule has 0 saturated carbocycles. The van der Waals surface area contributed by atoms with Crippen molar-refractivity contribution in [1.29, 1.82) is 0 Å². The second kappa shape index (κ2) is 8.82. The van der Waals surface area contributed by atoms with E-state index in [0.717, 1.165) is 5.75 Å². The molecule has 0 aliphatic heterocycles. The van der Waals surface area contributed by atoms with Gasteiger partial charge in [-0.1, -0.05) is 0 Å². The lowest BCUT2D eigenvalue weighted by Crippen LogP contribution is -2.36. The molecule has 0 radical (unpaired) electrons. The summed E-state index contributed by atoms with van der Waals surface area (Å²) in [5, 5.41) is 2.89. The summed E-state index contributed by atoms with van der Waals surface area (Å²) in [6.45, 7) is 2.22. The van der Waals surface area contributed by atoms with Crippen LogP contribution < -0.4 is 24.3 Å². The third-order valence-corrected chi connectivity index (χ3v) is 3.55. The van der Waals surface area contributed by atoms with E-state index >= 15 is 0 Å². The zero-order valence-electron chi connectivity index (χ0n) is 14.9. The second-order valence-corrected chi connectivity index (χ2v) is 5.46. The lowest BCUT2D eigenvalue weighted by atomic mass is 10.1. The van der Waals surface area contributed by atoms with E-state index in [1.54, 1.807) is 39.5 Å². The molecule has 2 rings (SSSR count). The number of benzene rings is 2. The van der Waals surface area contributed by atoms with Crippen LogP contribution in [-0.2, 0) is 0 Å². The molecule has 0 aliphatic rings. The molecule has 25 heavy (non-hydrogen) atoms. The first-order valence-corrected chi connectivity index (χ1v) is 7.86. The standard InChI is InChI=1S/C19H23NO5/c1-13(12-25-16-7-5-15(22-2)6-8-16)20-19(21)14-9-17(23-3)11-18(10-14)24-4/h5-11,13H,12H2,1-4H3,(H,20,21). The Balaban J connectivity index is 1.93. The number of amides is 1. The van der Waals surface area contributed by atoms with Crippen LogP contribution in [0.2, 0.25) is 0 Å². The summed E-state index contributed by atoms with van der Waals surface area (Å²) >= 11 is 0. The Morgan fingerprint density at radius 1 is 0.880 bits per heavy atom. The summed E-state index contributed by atoms with van der Waals surface area (Å²) < 4.78 is 21.1. The molecule has 1 N–H and O–H groups in total. The van der Waals surface area contributed by atoms with Gasteiger partial charge in [0.1, 0.15) is 29.6 Å². The molecule has 134 valence electrons. The molecule has 6 heteroatoms. The zero-order chi connectivity index (χ0) is 18.2. The van der Waals surface area contributed by atoms with Gasteiger partial charge in [-0.05, 0) is 43.3 Å². The Hall–Kier alpha value is -2.89. The maximum Gasteiger partial charge on any atom is 0.251 e. The highest BCUT2D eigenvalue weighted by Gasteiger charge is 2.13. The Labute approximate surface area is 147 Å². The van der Waals surface area contributed by atoms with Crippen LogP contribution in [0.5, 0.6) is 23.0 Å². The van der Waals surface area contributed by atoms with Crippen molar-refractivity contribution >= 4 is 5.91 Å². The monoisotopic (exact) mass is 345 g/mol. The number of methoxy groups -OCH3 is 3. The third-order valence-electron chi connectivity index (χ3n) is 3.55. The Morgan fingerprint density at radius 3 is 1.92 bits per heavy atom. The summed E-state index contributed by atoms with van der Waals surface area (Å²) in [6, 6.07) is 12.1. The molecular weight excluding hydrogens is 322 g/mol. The molecule has 0 bridgehead atoms. The van der Waals surface area contributed by atoms with Crippen LogP contribution in [0.1, 0.15) is 17.3 Å². The fraction of sp³-hybridized carbons (Fsp3) is 0.316. The van der Waals surface area contributed by atoms with E-state index in [1.165, 1.54) is 0 Å². The molecular formula is C19H23NO5. The minimum atomic E-state index is -0.219. The molecule has 2 aromatic carbocycles. The number of carbonyl (C=O) groups excluding carboxylic acids is 1. The van der Waals surface area contributed by atoms with Crippen molar-refractivity contribution in [2.24, 2.45) is 0 Å². The average Bonchev–Trinajstić information content (AvgIpc) is 2.66. The quantitative estimate of drug-likeness (QED) is 0.797. The van der Waals surface area contributed by atoms with E-state index in [-0.39, 0.29) is 11.9 Å². The topological polar surface area (TPSA) is 66.0 Å². The summed E-state index contributed by atoms with van der Waals surface area (Å²) in [7, 11) is 4.70. The largest absolute Gasteiger partial charge is 0.497 e. The van der Waals surface area contributed by atoms with Gasteiger partial charge in [0.05, 0.1) is 27.4 Å². The van der Waals surface area contributed by atoms with Crippen molar-refractivity contribution in [2.45, 2.75) is 13.0 Å². The molecule has 0 aromatic heterocycles. The molecule has 1 unspecified atom stereocenters. The molecule has 0 spiro atoms. The summed E-state index contributed by atoms with van der Waals surface area (Å²) in [4.78, 5) is 12.4. The molecule has 1 amide bonds. The van der Waals surface area contributed by atoms with Gasteiger partial charge in [0.25, 0.3) is 5.91 Å². The highest BCUT2D eigenvalue weighted by molar-refractivity contribution is 5.95. The Morgan fingerprint density at radius 2 is 1.40 bits per heavy atom. The molecule has 1 atom stereocenters. The summed E-state index contributed by atoms with van der Waals surface area (Å²) in [5.41, 5.74) is 0.465. The number of ether oxygens (including phenoxy) is 4. The van der Waals surface area contributed by atoms with Gasteiger partial charge in [-0.3, -0.25) is 4.79 Å². The first-order chi connectivity index (χ1) is 12.0. The van der Waals surface area contributed by atoms with E-state index < -0.39 is 0 Å². The van der Waals surface area contributed by atoms with E-state index in [4.69, 9.17) is 18.9 Å². The molecule has 0 fully saturated rings. The van der Waals surface area contributed by atoms with Gasteiger partial charge in [-0.25, -0.2) is 0 Å². The van der Waals surface area contributed by atoms with Crippen molar-refractivity contribution in [3.63, 3.8) is 0 Å². The number of nitrogens with one attached hydrogen (secondary N) is 1. The Bertz CT molecular complexity index is 677. The number of hydrogen-bond donors (Lipinski definition) is 1. The minimum Gasteiger partial charge on any atom is -0.497 e. The summed E-state index contributed by atoms with van der Waals surface area (Å²) in [6.07, 6.45) is 0. The maximum absolute atomic E-state index is 12.4. The first-order valence-electron chi connectivity index (χ1n) is 7.86. The fourth-order valence-corrected chi connectivity index (χ4v) is 2.18. The number of hydrogen-bond acceptors (Lipinski definition) is 5. The molecule has 0 saturated heterocycles. The van der Waals surface area contributed by atoms with Gasteiger partial charge in [0, 0.05) is 11.6 Å². The SMILES string of the molecule is COc1ccc(OCC(C)NC(=O)c2cc(OC)cc(OC)c2)cc1. The molecule has 6 nitrogen and oxygen atoms in total. The van der Waals surface area contributed by atoms with Gasteiger partial charge in [-0.2, -0.15) is 0 Å². The van der Waals surface area contributed by atoms with E-state index in [2.05, 4.69) is 5.32 Å². The van der Waals surface area contributed by atoms with Crippen molar-refractivity contribution in [2.75, 3.05) is 27.9 Å². The van der Waals surface area contributed by atoms with Crippen LogP contribution in [-0.4, -0.2) is 39.9 Å². The normalized spacial score (nSPS) is 11.4. The average molecular weight is 345 g/mol. The Kier molecular flexibility index (Phi) is 6.51. The second-order valence-electron chi connectivity index (χ2n) is 5.46. The predicted molar refractivity (Wildman–Crippen MR) is 95.0 cm³/mol. The van der Waals surface area contributed by atoms with E-state index in [0.29, 0.717) is 29.4 Å². The maximum atomic E-state index is 12.4. The van der Waals surface area contributed by atoms with Crippen LogP contribution >= 0.6 is 0 Å². The third kappa shape index (κ3) is 5.31. The van der Waals surface area contributed by atoms with Crippen molar-refractivity contribution in [1.82, 2.24) is 5.32 Å². The zero-order valence-corrected chi connectivity index (χ0v) is 14.9. The molecule has 0 heterocycles. The highest BCUT2D eigenvalue weighted by Crippen LogP contribution is 2.22. The van der Waals surface area contributed by atoms with Gasteiger partial charge in [-0.15, -0.1) is 0 Å². The van der Waals surface area contributed by atoms with Gasteiger partial charge in [0.2, 0.25) is 0 Å². The van der Waals surface area contributed by atoms with Crippen molar-refractivity contribution in [3.8, 4) is 23.0 Å². The lowest BCUT2D eigenvalue weighted by Gasteiger charge is -2.16. The predicted octanol–water partition coefficient (Wildman–Crippen LogP) is 2.91. The summed E-state index contributed by atoms with van der Waals surface area (Å²) in [5.74, 6) is 2.38. The number of carbonyl (C=O) groups is 1. The van der Waals surface area contributed by atoms with Crippen molar-refractivity contribution < 1.29 is 23.7 Å². The van der Waals surface area contributed by atoms with Crippen LogP contribution in [0, 0.1) is 0 Å². The van der Waals surface area contributed by atoms with Crippen LogP contribution in [0.25, 0.3) is 0 Å².